The fourth-order valence-corrected chi connectivity index (χ4v) is 2.38. The number of hydrogen-bond donors (Lipinski definition) is 1. The third kappa shape index (κ3) is 2.79. The minimum absolute atomic E-state index is 0.109. The maximum Gasteiger partial charge on any atom is 0.338 e. The van der Waals surface area contributed by atoms with Crippen LogP contribution in [0.25, 0.3) is 0 Å². The van der Waals surface area contributed by atoms with Crippen LogP contribution in [0.1, 0.15) is 15.9 Å². The van der Waals surface area contributed by atoms with Gasteiger partial charge in [0.25, 0.3) is 0 Å². The van der Waals surface area contributed by atoms with Crippen LogP contribution in [-0.2, 0) is 9.84 Å². The molecule has 0 fully saturated rings. The fraction of sp³-hybridized carbons (Fsp3) is 0.300. The quantitative estimate of drug-likeness (QED) is 0.838. The van der Waals surface area contributed by atoms with Crippen molar-refractivity contribution in [2.24, 2.45) is 0 Å². The molecule has 0 saturated carbocycles. The number of benzene rings is 1. The Labute approximate surface area is 96.8 Å². The van der Waals surface area contributed by atoms with E-state index in [4.69, 9.17) is 5.11 Å². The maximum atomic E-state index is 13.4. The molecule has 0 atom stereocenters. The minimum atomic E-state index is -3.91. The normalized spacial score (nSPS) is 11.5. The predicted molar refractivity (Wildman–Crippen MR) is 56.1 cm³/mol. The highest BCUT2D eigenvalue weighted by molar-refractivity contribution is 7.91. The van der Waals surface area contributed by atoms with Gasteiger partial charge < -0.3 is 5.11 Å². The fourth-order valence-electron chi connectivity index (χ4n) is 1.29. The molecule has 7 heteroatoms. The van der Waals surface area contributed by atoms with Crippen molar-refractivity contribution < 1.29 is 27.1 Å². The number of carbonyl (C=O) groups is 1. The van der Waals surface area contributed by atoms with Crippen molar-refractivity contribution in [3.63, 3.8) is 0 Å². The lowest BCUT2D eigenvalue weighted by molar-refractivity contribution is 0.0691. The maximum absolute atomic E-state index is 13.4. The zero-order valence-corrected chi connectivity index (χ0v) is 9.72. The number of alkyl halides is 1. The van der Waals surface area contributed by atoms with Gasteiger partial charge in [0.1, 0.15) is 12.5 Å². The highest BCUT2D eigenvalue weighted by Gasteiger charge is 2.21. The summed E-state index contributed by atoms with van der Waals surface area (Å²) in [5, 5.41) is 8.70. The molecule has 0 spiro atoms. The van der Waals surface area contributed by atoms with Crippen LogP contribution in [0.4, 0.5) is 8.78 Å². The van der Waals surface area contributed by atoms with Gasteiger partial charge in [0.05, 0.1) is 16.2 Å². The number of aromatic carboxylic acids is 1. The first kappa shape index (κ1) is 13.6. The van der Waals surface area contributed by atoms with Gasteiger partial charge in [0.15, 0.2) is 9.84 Å². The van der Waals surface area contributed by atoms with Crippen molar-refractivity contribution in [3.8, 4) is 0 Å². The first-order valence-corrected chi connectivity index (χ1v) is 6.27. The van der Waals surface area contributed by atoms with Crippen molar-refractivity contribution >= 4 is 15.8 Å². The molecule has 1 rings (SSSR count). The Balaban J connectivity index is 3.44. The summed E-state index contributed by atoms with van der Waals surface area (Å²) in [6.45, 7) is 0.164. The molecule has 94 valence electrons. The van der Waals surface area contributed by atoms with E-state index in [9.17, 15) is 22.0 Å². The SMILES string of the molecule is Cc1cc(S(=O)(=O)CCF)cc(C(=O)O)c1F. The predicted octanol–water partition coefficient (Wildman–Crippen LogP) is 1.58. The van der Waals surface area contributed by atoms with E-state index in [1.54, 1.807) is 0 Å². The summed E-state index contributed by atoms with van der Waals surface area (Å²) in [4.78, 5) is 10.3. The molecule has 0 heterocycles. The Bertz CT molecular complexity index is 552. The number of sulfone groups is 1. The second kappa shape index (κ2) is 4.79. The van der Waals surface area contributed by atoms with Crippen LogP contribution in [0.5, 0.6) is 0 Å². The first-order valence-electron chi connectivity index (χ1n) is 4.61. The molecule has 0 aromatic heterocycles. The monoisotopic (exact) mass is 264 g/mol. The molecular weight excluding hydrogens is 254 g/mol. The van der Waals surface area contributed by atoms with Gasteiger partial charge >= 0.3 is 5.97 Å². The van der Waals surface area contributed by atoms with Crippen LogP contribution >= 0.6 is 0 Å². The Hall–Kier alpha value is -1.50. The first-order chi connectivity index (χ1) is 7.79. The Kier molecular flexibility index (Phi) is 3.82. The Morgan fingerprint density at radius 2 is 2.00 bits per heavy atom. The molecule has 0 aliphatic heterocycles. The molecule has 1 aromatic carbocycles. The summed E-state index contributed by atoms with van der Waals surface area (Å²) in [5.41, 5.74) is -0.843. The van der Waals surface area contributed by atoms with E-state index in [2.05, 4.69) is 0 Å². The zero-order chi connectivity index (χ0) is 13.2. The topological polar surface area (TPSA) is 71.4 Å². The lowest BCUT2D eigenvalue weighted by atomic mass is 10.1. The van der Waals surface area contributed by atoms with E-state index in [0.717, 1.165) is 6.07 Å². The van der Waals surface area contributed by atoms with Gasteiger partial charge in [0, 0.05) is 0 Å². The average molecular weight is 264 g/mol. The van der Waals surface area contributed by atoms with Crippen LogP contribution in [0, 0.1) is 12.7 Å². The second-order valence-corrected chi connectivity index (χ2v) is 5.52. The highest BCUT2D eigenvalue weighted by Crippen LogP contribution is 2.20. The van der Waals surface area contributed by atoms with Crippen molar-refractivity contribution in [2.75, 3.05) is 12.4 Å². The smallest absolute Gasteiger partial charge is 0.338 e. The summed E-state index contributed by atoms with van der Waals surface area (Å²) >= 11 is 0. The second-order valence-electron chi connectivity index (χ2n) is 3.41. The standard InChI is InChI=1S/C10H10F2O4S/c1-6-4-7(17(15,16)3-2-11)5-8(9(6)12)10(13)14/h4-5H,2-3H2,1H3,(H,13,14). The van der Waals surface area contributed by atoms with E-state index in [1.165, 1.54) is 6.92 Å². The van der Waals surface area contributed by atoms with E-state index in [-0.39, 0.29) is 10.5 Å². The average Bonchev–Trinajstić information content (AvgIpc) is 2.21. The molecule has 0 aliphatic carbocycles. The molecule has 1 N–H and O–H groups in total. The largest absolute Gasteiger partial charge is 0.478 e. The van der Waals surface area contributed by atoms with Crippen LogP contribution in [0.3, 0.4) is 0 Å². The zero-order valence-electron chi connectivity index (χ0n) is 8.91. The molecule has 0 amide bonds. The molecule has 1 aromatic rings. The molecule has 0 aliphatic rings. The summed E-state index contributed by atoms with van der Waals surface area (Å²) < 4.78 is 48.4. The van der Waals surface area contributed by atoms with E-state index in [1.807, 2.05) is 0 Å². The number of halogens is 2. The Morgan fingerprint density at radius 1 is 1.41 bits per heavy atom. The summed E-state index contributed by atoms with van der Waals surface area (Å²) in [6.07, 6.45) is 0. The molecule has 0 bridgehead atoms. The third-order valence-corrected chi connectivity index (χ3v) is 3.81. The molecule has 0 radical (unpaired) electrons. The van der Waals surface area contributed by atoms with Gasteiger partial charge in [-0.3, -0.25) is 0 Å². The Morgan fingerprint density at radius 3 is 2.47 bits per heavy atom. The van der Waals surface area contributed by atoms with Crippen molar-refractivity contribution in [3.05, 3.63) is 29.1 Å². The van der Waals surface area contributed by atoms with Gasteiger partial charge in [-0.15, -0.1) is 0 Å². The lowest BCUT2D eigenvalue weighted by Crippen LogP contribution is -2.11. The van der Waals surface area contributed by atoms with Gasteiger partial charge in [-0.05, 0) is 24.6 Å². The summed E-state index contributed by atoms with van der Waals surface area (Å²) in [7, 11) is -3.91. The summed E-state index contributed by atoms with van der Waals surface area (Å²) in [6, 6.07) is 1.70. The van der Waals surface area contributed by atoms with Crippen molar-refractivity contribution in [1.82, 2.24) is 0 Å². The van der Waals surface area contributed by atoms with Crippen LogP contribution < -0.4 is 0 Å². The van der Waals surface area contributed by atoms with Gasteiger partial charge in [0.2, 0.25) is 0 Å². The van der Waals surface area contributed by atoms with Crippen molar-refractivity contribution in [2.45, 2.75) is 11.8 Å². The van der Waals surface area contributed by atoms with Crippen LogP contribution in [0.2, 0.25) is 0 Å². The molecule has 4 nitrogen and oxygen atoms in total. The number of aryl methyl sites for hydroxylation is 1. The van der Waals surface area contributed by atoms with Gasteiger partial charge in [-0.1, -0.05) is 0 Å². The molecule has 0 saturated heterocycles. The third-order valence-electron chi connectivity index (χ3n) is 2.16. The lowest BCUT2D eigenvalue weighted by Gasteiger charge is -2.07. The highest BCUT2D eigenvalue weighted by atomic mass is 32.2. The van der Waals surface area contributed by atoms with Crippen LogP contribution in [-0.4, -0.2) is 31.9 Å². The summed E-state index contributed by atoms with van der Waals surface area (Å²) in [5.74, 6) is -3.31. The van der Waals surface area contributed by atoms with Crippen LogP contribution in [0.15, 0.2) is 17.0 Å². The number of carboxylic acid groups (broad SMARTS) is 1. The van der Waals surface area contributed by atoms with E-state index < -0.39 is 39.6 Å². The van der Waals surface area contributed by atoms with Crippen molar-refractivity contribution in [1.29, 1.82) is 0 Å². The van der Waals surface area contributed by atoms with Gasteiger partial charge in [-0.25, -0.2) is 22.0 Å². The minimum Gasteiger partial charge on any atom is -0.478 e. The van der Waals surface area contributed by atoms with Gasteiger partial charge in [-0.2, -0.15) is 0 Å². The molecular formula is C10H10F2O4S. The number of carboxylic acids is 1. The number of hydrogen-bond acceptors (Lipinski definition) is 3. The molecule has 17 heavy (non-hydrogen) atoms. The van der Waals surface area contributed by atoms with E-state index >= 15 is 0 Å². The number of rotatable bonds is 4. The van der Waals surface area contributed by atoms with E-state index in [0.29, 0.717) is 6.07 Å². The molecule has 0 unspecified atom stereocenters.